The van der Waals surface area contributed by atoms with Gasteiger partial charge in [-0.05, 0) is 6.92 Å². The SMILES string of the molecule is C[C@@H](O)[C@@H]1O[C@@H](O[C@@H]2[C@@H](O)[C@H]([C@H](O)CO)O[C@H]2O)[C@H](O)[C@H]1O. The normalized spacial score (nSPS) is 48.5. The highest BCUT2D eigenvalue weighted by atomic mass is 16.7. The topological polar surface area (TPSA) is 169 Å². The summed E-state index contributed by atoms with van der Waals surface area (Å²) < 4.78 is 15.3. The van der Waals surface area contributed by atoms with Gasteiger partial charge in [0.15, 0.2) is 12.6 Å². The molecule has 0 aliphatic carbocycles. The molecule has 10 heteroatoms. The summed E-state index contributed by atoms with van der Waals surface area (Å²) in [5.74, 6) is 0. The molecule has 0 aromatic heterocycles. The quantitative estimate of drug-likeness (QED) is 0.262. The highest BCUT2D eigenvalue weighted by Crippen LogP contribution is 2.31. The third-order valence-corrected chi connectivity index (χ3v) is 3.84. The van der Waals surface area contributed by atoms with Crippen molar-refractivity contribution in [3.05, 3.63) is 0 Å². The zero-order valence-corrected chi connectivity index (χ0v) is 11.8. The summed E-state index contributed by atoms with van der Waals surface area (Å²) in [5, 5.41) is 67.0. The number of rotatable bonds is 5. The van der Waals surface area contributed by atoms with Gasteiger partial charge in [0.25, 0.3) is 0 Å². The van der Waals surface area contributed by atoms with E-state index in [-0.39, 0.29) is 0 Å². The third-order valence-electron chi connectivity index (χ3n) is 3.84. The van der Waals surface area contributed by atoms with Crippen molar-refractivity contribution < 1.29 is 50.0 Å². The van der Waals surface area contributed by atoms with Crippen LogP contribution < -0.4 is 0 Å². The predicted octanol–water partition coefficient (Wildman–Crippen LogP) is -4.37. The Morgan fingerprint density at radius 1 is 0.955 bits per heavy atom. The van der Waals surface area contributed by atoms with E-state index in [1.165, 1.54) is 6.92 Å². The average Bonchev–Trinajstić information content (AvgIpc) is 2.91. The zero-order valence-electron chi connectivity index (χ0n) is 11.8. The Balaban J connectivity index is 2.01. The molecule has 10 atom stereocenters. The molecule has 0 bridgehead atoms. The number of ether oxygens (including phenoxy) is 3. The minimum Gasteiger partial charge on any atom is -0.394 e. The summed E-state index contributed by atoms with van der Waals surface area (Å²) in [7, 11) is 0. The molecule has 0 unspecified atom stereocenters. The van der Waals surface area contributed by atoms with E-state index in [2.05, 4.69) is 0 Å². The molecule has 10 nitrogen and oxygen atoms in total. The van der Waals surface area contributed by atoms with E-state index in [0.717, 1.165) is 0 Å². The zero-order chi connectivity index (χ0) is 16.6. The van der Waals surface area contributed by atoms with Gasteiger partial charge in [0.2, 0.25) is 0 Å². The molecule has 2 heterocycles. The second kappa shape index (κ2) is 7.01. The molecule has 2 rings (SSSR count). The summed E-state index contributed by atoms with van der Waals surface area (Å²) in [4.78, 5) is 0. The van der Waals surface area contributed by atoms with Gasteiger partial charge in [0, 0.05) is 0 Å². The first-order valence-electron chi connectivity index (χ1n) is 6.93. The Bertz CT molecular complexity index is 366. The maximum Gasteiger partial charge on any atom is 0.187 e. The van der Waals surface area contributed by atoms with Gasteiger partial charge in [0.1, 0.15) is 42.7 Å². The van der Waals surface area contributed by atoms with Crippen LogP contribution in [0, 0.1) is 0 Å². The molecule has 22 heavy (non-hydrogen) atoms. The molecular weight excluding hydrogens is 304 g/mol. The molecular formula is C12H22O10. The van der Waals surface area contributed by atoms with Crippen LogP contribution in [0.1, 0.15) is 6.92 Å². The van der Waals surface area contributed by atoms with E-state index in [4.69, 9.17) is 19.3 Å². The van der Waals surface area contributed by atoms with Gasteiger partial charge < -0.3 is 50.0 Å². The molecule has 2 fully saturated rings. The first-order chi connectivity index (χ1) is 10.3. The Morgan fingerprint density at radius 3 is 2.09 bits per heavy atom. The van der Waals surface area contributed by atoms with Gasteiger partial charge in [0.05, 0.1) is 12.7 Å². The van der Waals surface area contributed by atoms with Crippen LogP contribution in [-0.2, 0) is 14.2 Å². The fraction of sp³-hybridized carbons (Fsp3) is 1.00. The van der Waals surface area contributed by atoms with Gasteiger partial charge in [-0.2, -0.15) is 0 Å². The minimum absolute atomic E-state index is 0.688. The standard InChI is InChI=1S/C12H22O10/c1-3(14)8-5(16)6(17)12(21-8)22-10-7(18)9(4(15)2-13)20-11(10)19/h3-19H,2H2,1H3/t3-,4-,5-,6-,7+,8+,9+,10-,11-,12+/m1/s1. The first-order valence-corrected chi connectivity index (χ1v) is 6.93. The lowest BCUT2D eigenvalue weighted by Crippen LogP contribution is -2.44. The number of aliphatic hydroxyl groups excluding tert-OH is 7. The molecule has 0 aromatic rings. The number of hydrogen-bond acceptors (Lipinski definition) is 10. The van der Waals surface area contributed by atoms with E-state index >= 15 is 0 Å². The van der Waals surface area contributed by atoms with Crippen molar-refractivity contribution in [3.8, 4) is 0 Å². The van der Waals surface area contributed by atoms with Gasteiger partial charge in [-0.15, -0.1) is 0 Å². The lowest BCUT2D eigenvalue weighted by molar-refractivity contribution is -0.239. The lowest BCUT2D eigenvalue weighted by atomic mass is 10.1. The van der Waals surface area contributed by atoms with E-state index in [1.807, 2.05) is 0 Å². The largest absolute Gasteiger partial charge is 0.394 e. The van der Waals surface area contributed by atoms with Crippen molar-refractivity contribution in [3.63, 3.8) is 0 Å². The molecule has 2 aliphatic rings. The van der Waals surface area contributed by atoms with Crippen LogP contribution in [0.2, 0.25) is 0 Å². The van der Waals surface area contributed by atoms with E-state index in [0.29, 0.717) is 0 Å². The maximum atomic E-state index is 9.98. The van der Waals surface area contributed by atoms with Gasteiger partial charge in [-0.25, -0.2) is 0 Å². The predicted molar refractivity (Wildman–Crippen MR) is 67.2 cm³/mol. The molecule has 130 valence electrons. The Labute approximate surface area is 126 Å². The second-order valence-electron chi connectivity index (χ2n) is 5.52. The lowest BCUT2D eigenvalue weighted by Gasteiger charge is -2.24. The fourth-order valence-electron chi connectivity index (χ4n) is 2.58. The third kappa shape index (κ3) is 3.26. The van der Waals surface area contributed by atoms with Gasteiger partial charge in [-0.1, -0.05) is 0 Å². The average molecular weight is 326 g/mol. The van der Waals surface area contributed by atoms with Crippen LogP contribution in [0.25, 0.3) is 0 Å². The van der Waals surface area contributed by atoms with Crippen LogP contribution in [0.5, 0.6) is 0 Å². The molecule has 0 amide bonds. The summed E-state index contributed by atoms with van der Waals surface area (Å²) in [6, 6.07) is 0. The van der Waals surface area contributed by atoms with E-state index in [9.17, 15) is 30.6 Å². The van der Waals surface area contributed by atoms with E-state index < -0.39 is 68.0 Å². The molecule has 0 radical (unpaired) electrons. The van der Waals surface area contributed by atoms with Gasteiger partial charge >= 0.3 is 0 Å². The molecule has 7 N–H and O–H groups in total. The number of hydrogen-bond donors (Lipinski definition) is 7. The van der Waals surface area contributed by atoms with Crippen molar-refractivity contribution >= 4 is 0 Å². The maximum absolute atomic E-state index is 9.98. The summed E-state index contributed by atoms with van der Waals surface area (Å²) in [5.41, 5.74) is 0. The number of aliphatic hydroxyl groups is 7. The van der Waals surface area contributed by atoms with Crippen LogP contribution in [-0.4, -0.2) is 104 Å². The van der Waals surface area contributed by atoms with Crippen LogP contribution in [0.15, 0.2) is 0 Å². The Hall–Kier alpha value is -0.400. The highest BCUT2D eigenvalue weighted by molar-refractivity contribution is 4.94. The fourth-order valence-corrected chi connectivity index (χ4v) is 2.58. The van der Waals surface area contributed by atoms with Crippen molar-refractivity contribution in [1.82, 2.24) is 0 Å². The summed E-state index contributed by atoms with van der Waals surface area (Å²) in [6.45, 7) is 0.672. The molecule has 0 spiro atoms. The van der Waals surface area contributed by atoms with Crippen molar-refractivity contribution in [1.29, 1.82) is 0 Å². The first kappa shape index (κ1) is 17.9. The Kier molecular flexibility index (Phi) is 5.72. The van der Waals surface area contributed by atoms with Crippen molar-refractivity contribution in [2.45, 2.75) is 68.3 Å². The van der Waals surface area contributed by atoms with Crippen molar-refractivity contribution in [2.24, 2.45) is 0 Å². The molecule has 2 aliphatic heterocycles. The smallest absolute Gasteiger partial charge is 0.187 e. The van der Waals surface area contributed by atoms with Gasteiger partial charge in [-0.3, -0.25) is 0 Å². The second-order valence-corrected chi connectivity index (χ2v) is 5.52. The summed E-state index contributed by atoms with van der Waals surface area (Å²) >= 11 is 0. The molecule has 2 saturated heterocycles. The molecule has 0 saturated carbocycles. The van der Waals surface area contributed by atoms with Crippen LogP contribution in [0.4, 0.5) is 0 Å². The van der Waals surface area contributed by atoms with Crippen LogP contribution in [0.3, 0.4) is 0 Å². The molecule has 0 aromatic carbocycles. The van der Waals surface area contributed by atoms with E-state index in [1.54, 1.807) is 0 Å². The van der Waals surface area contributed by atoms with Crippen molar-refractivity contribution in [2.75, 3.05) is 6.61 Å². The van der Waals surface area contributed by atoms with Crippen LogP contribution >= 0.6 is 0 Å². The summed E-state index contributed by atoms with van der Waals surface area (Å²) in [6.07, 6.45) is -13.7. The minimum atomic E-state index is -1.63. The highest BCUT2D eigenvalue weighted by Gasteiger charge is 2.52. The monoisotopic (exact) mass is 326 g/mol. The Morgan fingerprint density at radius 2 is 1.59 bits per heavy atom.